The van der Waals surface area contributed by atoms with Crippen molar-refractivity contribution in [3.63, 3.8) is 0 Å². The molecule has 0 radical (unpaired) electrons. The molecule has 1 aromatic carbocycles. The fourth-order valence-electron chi connectivity index (χ4n) is 1.48. The van der Waals surface area contributed by atoms with Gasteiger partial charge in [-0.05, 0) is 41.6 Å². The molecule has 0 aliphatic carbocycles. The van der Waals surface area contributed by atoms with E-state index >= 15 is 0 Å². The van der Waals surface area contributed by atoms with E-state index in [0.29, 0.717) is 6.54 Å². The molecule has 0 spiro atoms. The van der Waals surface area contributed by atoms with Crippen LogP contribution in [0.1, 0.15) is 5.56 Å². The molecular weight excluding hydrogens is 268 g/mol. The van der Waals surface area contributed by atoms with Crippen molar-refractivity contribution in [1.29, 1.82) is 0 Å². The molecule has 0 saturated carbocycles. The van der Waals surface area contributed by atoms with Gasteiger partial charge in [-0.1, -0.05) is 23.7 Å². The predicted molar refractivity (Wildman–Crippen MR) is 76.5 cm³/mol. The Hall–Kier alpha value is -1.52. The second-order valence-electron chi connectivity index (χ2n) is 3.73. The maximum Gasteiger partial charge on any atom is 0.319 e. The molecule has 0 aliphatic rings. The Morgan fingerprint density at radius 3 is 2.67 bits per heavy atom. The molecule has 2 N–H and O–H groups in total. The minimum absolute atomic E-state index is 0.175. The molecule has 0 aliphatic heterocycles. The molecule has 2 aromatic rings. The molecule has 0 bridgehead atoms. The van der Waals surface area contributed by atoms with E-state index < -0.39 is 0 Å². The van der Waals surface area contributed by atoms with Gasteiger partial charge in [0.2, 0.25) is 0 Å². The third kappa shape index (κ3) is 4.05. The van der Waals surface area contributed by atoms with E-state index in [2.05, 4.69) is 10.6 Å². The highest BCUT2D eigenvalue weighted by molar-refractivity contribution is 7.14. The molecule has 0 atom stereocenters. The van der Waals surface area contributed by atoms with Crippen molar-refractivity contribution < 1.29 is 4.79 Å². The molecule has 1 aromatic heterocycles. The smallest absolute Gasteiger partial charge is 0.319 e. The molecule has 3 nitrogen and oxygen atoms in total. The molecule has 94 valence electrons. The number of nitrogens with one attached hydrogen (secondary N) is 2. The van der Waals surface area contributed by atoms with Crippen LogP contribution in [0.25, 0.3) is 0 Å². The zero-order valence-electron chi connectivity index (χ0n) is 9.65. The molecular formula is C13H13ClN2OS. The van der Waals surface area contributed by atoms with Gasteiger partial charge in [-0.25, -0.2) is 4.79 Å². The van der Waals surface area contributed by atoms with Gasteiger partial charge in [0, 0.05) is 11.6 Å². The van der Waals surface area contributed by atoms with E-state index in [1.165, 1.54) is 11.3 Å². The van der Waals surface area contributed by atoms with Crippen LogP contribution in [0.2, 0.25) is 5.02 Å². The number of thiophene rings is 1. The van der Waals surface area contributed by atoms with Crippen molar-refractivity contribution in [1.82, 2.24) is 5.32 Å². The highest BCUT2D eigenvalue weighted by Crippen LogP contribution is 2.14. The fraction of sp³-hybridized carbons (Fsp3) is 0.154. The number of carbonyl (C=O) groups is 1. The Bertz CT molecular complexity index is 496. The summed E-state index contributed by atoms with van der Waals surface area (Å²) in [6, 6.07) is 11.2. The van der Waals surface area contributed by atoms with Crippen LogP contribution in [0.4, 0.5) is 9.80 Å². The van der Waals surface area contributed by atoms with Crippen molar-refractivity contribution >= 4 is 34.0 Å². The molecule has 5 heteroatoms. The van der Waals surface area contributed by atoms with Gasteiger partial charge in [-0.15, -0.1) is 11.3 Å². The Kier molecular flexibility index (Phi) is 4.61. The monoisotopic (exact) mass is 280 g/mol. The number of amides is 2. The molecule has 2 amide bonds. The van der Waals surface area contributed by atoms with Crippen molar-refractivity contribution in [3.8, 4) is 0 Å². The van der Waals surface area contributed by atoms with Gasteiger partial charge < -0.3 is 5.32 Å². The fourth-order valence-corrected chi connectivity index (χ4v) is 2.22. The summed E-state index contributed by atoms with van der Waals surface area (Å²) in [6.07, 6.45) is 0.787. The van der Waals surface area contributed by atoms with Crippen LogP contribution in [0.3, 0.4) is 0 Å². The summed E-state index contributed by atoms with van der Waals surface area (Å²) in [5.41, 5.74) is 1.15. The lowest BCUT2D eigenvalue weighted by molar-refractivity contribution is 0.252. The summed E-state index contributed by atoms with van der Waals surface area (Å²) in [5.74, 6) is 0. The van der Waals surface area contributed by atoms with E-state index in [1.54, 1.807) is 0 Å². The molecule has 18 heavy (non-hydrogen) atoms. The molecule has 1 heterocycles. The van der Waals surface area contributed by atoms with E-state index in [4.69, 9.17) is 11.6 Å². The minimum atomic E-state index is -0.175. The Balaban J connectivity index is 1.72. The van der Waals surface area contributed by atoms with Crippen molar-refractivity contribution in [3.05, 3.63) is 52.4 Å². The molecule has 0 saturated heterocycles. The number of halogens is 1. The van der Waals surface area contributed by atoms with Crippen LogP contribution in [-0.2, 0) is 6.42 Å². The highest BCUT2D eigenvalue weighted by Gasteiger charge is 2.01. The molecule has 0 fully saturated rings. The first-order chi connectivity index (χ1) is 8.74. The summed E-state index contributed by atoms with van der Waals surface area (Å²) < 4.78 is 0. The maximum absolute atomic E-state index is 11.5. The Labute approximate surface area is 115 Å². The van der Waals surface area contributed by atoms with Crippen LogP contribution in [-0.4, -0.2) is 12.6 Å². The van der Waals surface area contributed by atoms with E-state index in [9.17, 15) is 4.79 Å². The average Bonchev–Trinajstić information content (AvgIpc) is 2.84. The first-order valence-electron chi connectivity index (χ1n) is 5.57. The number of benzene rings is 1. The van der Waals surface area contributed by atoms with Crippen LogP contribution < -0.4 is 10.6 Å². The van der Waals surface area contributed by atoms with E-state index in [-0.39, 0.29) is 6.03 Å². The van der Waals surface area contributed by atoms with Crippen molar-refractivity contribution in [2.24, 2.45) is 0 Å². The van der Waals surface area contributed by atoms with Gasteiger partial charge in [0.15, 0.2) is 0 Å². The Morgan fingerprint density at radius 2 is 2.00 bits per heavy atom. The minimum Gasteiger partial charge on any atom is -0.338 e. The van der Waals surface area contributed by atoms with E-state index in [1.807, 2.05) is 41.8 Å². The molecule has 2 rings (SSSR count). The number of urea groups is 1. The SMILES string of the molecule is O=C(NCCc1ccc(Cl)cc1)Nc1cccs1. The largest absolute Gasteiger partial charge is 0.338 e. The van der Waals surface area contributed by atoms with Gasteiger partial charge in [0.25, 0.3) is 0 Å². The third-order valence-corrected chi connectivity index (χ3v) is 3.41. The van der Waals surface area contributed by atoms with Crippen LogP contribution in [0, 0.1) is 0 Å². The quantitative estimate of drug-likeness (QED) is 0.879. The van der Waals surface area contributed by atoms with Gasteiger partial charge in [-0.2, -0.15) is 0 Å². The lowest BCUT2D eigenvalue weighted by Crippen LogP contribution is -2.30. The third-order valence-electron chi connectivity index (χ3n) is 2.37. The predicted octanol–water partition coefficient (Wildman–Crippen LogP) is 3.77. The number of hydrogen-bond donors (Lipinski definition) is 2. The zero-order valence-corrected chi connectivity index (χ0v) is 11.2. The van der Waals surface area contributed by atoms with Crippen molar-refractivity contribution in [2.45, 2.75) is 6.42 Å². The summed E-state index contributed by atoms with van der Waals surface area (Å²) in [4.78, 5) is 11.5. The number of carbonyl (C=O) groups excluding carboxylic acids is 1. The first kappa shape index (κ1) is 12.9. The summed E-state index contributed by atoms with van der Waals surface area (Å²) >= 11 is 7.29. The second-order valence-corrected chi connectivity index (χ2v) is 5.12. The van der Waals surface area contributed by atoms with Gasteiger partial charge in [0.1, 0.15) is 0 Å². The number of hydrogen-bond acceptors (Lipinski definition) is 2. The normalized spacial score (nSPS) is 10.1. The number of rotatable bonds is 4. The van der Waals surface area contributed by atoms with Crippen LogP contribution >= 0.6 is 22.9 Å². The summed E-state index contributed by atoms with van der Waals surface area (Å²) in [7, 11) is 0. The lowest BCUT2D eigenvalue weighted by Gasteiger charge is -2.06. The maximum atomic E-state index is 11.5. The highest BCUT2D eigenvalue weighted by atomic mass is 35.5. The second kappa shape index (κ2) is 6.42. The lowest BCUT2D eigenvalue weighted by atomic mass is 10.1. The Morgan fingerprint density at radius 1 is 1.22 bits per heavy atom. The topological polar surface area (TPSA) is 41.1 Å². The standard InChI is InChI=1S/C13H13ClN2OS/c14-11-5-3-10(4-6-11)7-8-15-13(17)16-12-2-1-9-18-12/h1-6,9H,7-8H2,(H2,15,16,17). The summed E-state index contributed by atoms with van der Waals surface area (Å²) in [6.45, 7) is 0.596. The van der Waals surface area contributed by atoms with Gasteiger partial charge in [0.05, 0.1) is 5.00 Å². The van der Waals surface area contributed by atoms with Crippen molar-refractivity contribution in [2.75, 3.05) is 11.9 Å². The van der Waals surface area contributed by atoms with Crippen LogP contribution in [0.5, 0.6) is 0 Å². The average molecular weight is 281 g/mol. The number of anilines is 1. The van der Waals surface area contributed by atoms with Gasteiger partial charge >= 0.3 is 6.03 Å². The summed E-state index contributed by atoms with van der Waals surface area (Å²) in [5, 5.41) is 9.06. The molecule has 0 unspecified atom stereocenters. The first-order valence-corrected chi connectivity index (χ1v) is 6.82. The zero-order chi connectivity index (χ0) is 12.8. The van der Waals surface area contributed by atoms with Gasteiger partial charge in [-0.3, -0.25) is 5.32 Å². The van der Waals surface area contributed by atoms with Crippen LogP contribution in [0.15, 0.2) is 41.8 Å². The van der Waals surface area contributed by atoms with E-state index in [0.717, 1.165) is 22.0 Å².